The summed E-state index contributed by atoms with van der Waals surface area (Å²) in [5, 5.41) is 14.3. The number of benzene rings is 1. The summed E-state index contributed by atoms with van der Waals surface area (Å²) >= 11 is 0. The van der Waals surface area contributed by atoms with Crippen molar-refractivity contribution in [1.82, 2.24) is 4.90 Å². The summed E-state index contributed by atoms with van der Waals surface area (Å²) < 4.78 is 10.4. The van der Waals surface area contributed by atoms with E-state index in [2.05, 4.69) is 10.2 Å². The maximum atomic E-state index is 12.1. The van der Waals surface area contributed by atoms with Gasteiger partial charge in [0.05, 0.1) is 24.2 Å². The molecule has 2 aliphatic heterocycles. The van der Waals surface area contributed by atoms with Crippen LogP contribution in [0.1, 0.15) is 29.6 Å². The Labute approximate surface area is 152 Å². The first-order valence-corrected chi connectivity index (χ1v) is 9.02. The van der Waals surface area contributed by atoms with E-state index in [0.717, 1.165) is 32.7 Å². The molecule has 0 aliphatic carbocycles. The normalized spacial score (nSPS) is 21.5. The summed E-state index contributed by atoms with van der Waals surface area (Å²) in [6.07, 6.45) is 3.44. The lowest BCUT2D eigenvalue weighted by molar-refractivity contribution is -0.384. The Morgan fingerprint density at radius 1 is 1.46 bits per heavy atom. The molecule has 26 heavy (non-hydrogen) atoms. The van der Waals surface area contributed by atoms with Crippen molar-refractivity contribution in [1.29, 1.82) is 0 Å². The number of ether oxygens (including phenoxy) is 2. The molecule has 2 fully saturated rings. The summed E-state index contributed by atoms with van der Waals surface area (Å²) in [6.45, 7) is 4.36. The number of anilines is 1. The van der Waals surface area contributed by atoms with Crippen LogP contribution in [0.25, 0.3) is 0 Å². The number of methoxy groups -OCH3 is 1. The first-order valence-electron chi connectivity index (χ1n) is 9.02. The molecule has 1 aromatic carbocycles. The lowest BCUT2D eigenvalue weighted by Crippen LogP contribution is -2.44. The number of nitro groups is 1. The molecule has 0 aromatic heterocycles. The van der Waals surface area contributed by atoms with Crippen LogP contribution in [0, 0.1) is 16.0 Å². The van der Waals surface area contributed by atoms with Gasteiger partial charge in [-0.15, -0.1) is 0 Å². The first kappa shape index (κ1) is 18.6. The van der Waals surface area contributed by atoms with Gasteiger partial charge in [-0.05, 0) is 38.4 Å². The molecule has 0 unspecified atom stereocenters. The molecule has 142 valence electrons. The third kappa shape index (κ3) is 4.13. The van der Waals surface area contributed by atoms with Gasteiger partial charge < -0.3 is 14.8 Å². The van der Waals surface area contributed by atoms with E-state index in [1.165, 1.54) is 32.1 Å². The molecule has 1 N–H and O–H groups in total. The van der Waals surface area contributed by atoms with Gasteiger partial charge in [0.15, 0.2) is 0 Å². The van der Waals surface area contributed by atoms with Gasteiger partial charge in [-0.1, -0.05) is 0 Å². The Bertz CT molecular complexity index is 638. The van der Waals surface area contributed by atoms with Crippen molar-refractivity contribution in [3.63, 3.8) is 0 Å². The molecule has 2 saturated heterocycles. The number of hydrogen-bond acceptors (Lipinski definition) is 7. The van der Waals surface area contributed by atoms with Gasteiger partial charge in [-0.2, -0.15) is 0 Å². The van der Waals surface area contributed by atoms with Crippen molar-refractivity contribution < 1.29 is 19.2 Å². The number of carbonyl (C=O) groups excluding carboxylic acids is 1. The molecule has 8 nitrogen and oxygen atoms in total. The zero-order valence-electron chi connectivity index (χ0n) is 15.0. The largest absolute Gasteiger partial charge is 0.465 e. The van der Waals surface area contributed by atoms with Gasteiger partial charge >= 0.3 is 5.97 Å². The molecule has 0 amide bonds. The Kier molecular flexibility index (Phi) is 6.05. The molecule has 2 aliphatic rings. The molecule has 8 heteroatoms. The first-order chi connectivity index (χ1) is 12.6. The number of carbonyl (C=O) groups is 1. The van der Waals surface area contributed by atoms with E-state index in [4.69, 9.17) is 9.47 Å². The van der Waals surface area contributed by atoms with Crippen molar-refractivity contribution >= 4 is 17.3 Å². The fraction of sp³-hybridized carbons (Fsp3) is 0.611. The lowest BCUT2D eigenvalue weighted by Gasteiger charge is -2.32. The number of esters is 1. The number of nitrogens with zero attached hydrogens (tertiary/aromatic N) is 2. The van der Waals surface area contributed by atoms with Gasteiger partial charge in [0, 0.05) is 42.9 Å². The van der Waals surface area contributed by atoms with Crippen LogP contribution < -0.4 is 5.32 Å². The summed E-state index contributed by atoms with van der Waals surface area (Å²) in [6, 6.07) is 4.56. The van der Waals surface area contributed by atoms with E-state index in [0.29, 0.717) is 24.2 Å². The standard InChI is InChI=1S/C18H25N3O5/c1-25-18(22)15-10-14(21(23)24)4-5-16(15)19-11-17(13-6-9-26-12-13)20-7-2-3-8-20/h4-5,10,13,17,19H,2-3,6-9,11-12H2,1H3/t13-,17-/m1/s1. The molecule has 0 spiro atoms. The second kappa shape index (κ2) is 8.46. The highest BCUT2D eigenvalue weighted by Gasteiger charge is 2.32. The van der Waals surface area contributed by atoms with Gasteiger partial charge in [0.2, 0.25) is 0 Å². The van der Waals surface area contributed by atoms with Crippen molar-refractivity contribution in [3.05, 3.63) is 33.9 Å². The van der Waals surface area contributed by atoms with E-state index in [-0.39, 0.29) is 11.3 Å². The van der Waals surface area contributed by atoms with Crippen molar-refractivity contribution in [2.75, 3.05) is 45.3 Å². The monoisotopic (exact) mass is 363 g/mol. The highest BCUT2D eigenvalue weighted by Crippen LogP contribution is 2.27. The van der Waals surface area contributed by atoms with E-state index in [9.17, 15) is 14.9 Å². The molecule has 0 bridgehead atoms. The highest BCUT2D eigenvalue weighted by atomic mass is 16.6. The van der Waals surface area contributed by atoms with Crippen LogP contribution in [-0.2, 0) is 9.47 Å². The maximum Gasteiger partial charge on any atom is 0.340 e. The van der Waals surface area contributed by atoms with Crippen LogP contribution in [0.3, 0.4) is 0 Å². The van der Waals surface area contributed by atoms with Crippen LogP contribution >= 0.6 is 0 Å². The number of nitro benzene ring substituents is 1. The van der Waals surface area contributed by atoms with E-state index in [1.54, 1.807) is 6.07 Å². The minimum atomic E-state index is -0.585. The number of hydrogen-bond donors (Lipinski definition) is 1. The Morgan fingerprint density at radius 3 is 2.85 bits per heavy atom. The molecule has 1 aromatic rings. The molecule has 3 rings (SSSR count). The quantitative estimate of drug-likeness (QED) is 0.451. The molecule has 0 radical (unpaired) electrons. The summed E-state index contributed by atoms with van der Waals surface area (Å²) in [5.74, 6) is -0.127. The lowest BCUT2D eigenvalue weighted by atomic mass is 9.97. The minimum Gasteiger partial charge on any atom is -0.465 e. The van der Waals surface area contributed by atoms with Gasteiger partial charge in [-0.25, -0.2) is 4.79 Å². The Morgan fingerprint density at radius 2 is 2.23 bits per heavy atom. The van der Waals surface area contributed by atoms with Crippen LogP contribution in [-0.4, -0.2) is 61.8 Å². The Balaban J connectivity index is 1.77. The summed E-state index contributed by atoms with van der Waals surface area (Å²) in [4.78, 5) is 25.0. The fourth-order valence-electron chi connectivity index (χ4n) is 3.82. The minimum absolute atomic E-state index is 0.128. The molecular formula is C18H25N3O5. The number of rotatable bonds is 7. The third-order valence-corrected chi connectivity index (χ3v) is 5.24. The topological polar surface area (TPSA) is 93.9 Å². The van der Waals surface area contributed by atoms with E-state index in [1.807, 2.05) is 0 Å². The zero-order chi connectivity index (χ0) is 18.5. The predicted octanol–water partition coefficient (Wildman–Crippen LogP) is 2.29. The van der Waals surface area contributed by atoms with Crippen molar-refractivity contribution in [2.45, 2.75) is 25.3 Å². The second-order valence-corrected chi connectivity index (χ2v) is 6.79. The average molecular weight is 363 g/mol. The van der Waals surface area contributed by atoms with Crippen LogP contribution in [0.5, 0.6) is 0 Å². The van der Waals surface area contributed by atoms with Gasteiger partial charge in [0.1, 0.15) is 0 Å². The summed E-state index contributed by atoms with van der Waals surface area (Å²) in [5.41, 5.74) is 0.617. The molecule has 2 atom stereocenters. The van der Waals surface area contributed by atoms with Crippen molar-refractivity contribution in [2.24, 2.45) is 5.92 Å². The summed E-state index contributed by atoms with van der Waals surface area (Å²) in [7, 11) is 1.27. The molecule has 2 heterocycles. The van der Waals surface area contributed by atoms with E-state index < -0.39 is 10.9 Å². The van der Waals surface area contributed by atoms with Gasteiger partial charge in [0.25, 0.3) is 5.69 Å². The maximum absolute atomic E-state index is 12.1. The fourth-order valence-corrected chi connectivity index (χ4v) is 3.82. The van der Waals surface area contributed by atoms with E-state index >= 15 is 0 Å². The highest BCUT2D eigenvalue weighted by molar-refractivity contribution is 5.96. The van der Waals surface area contributed by atoms with Crippen LogP contribution in [0.2, 0.25) is 0 Å². The SMILES string of the molecule is COC(=O)c1cc([N+](=O)[O-])ccc1NC[C@H]([C@@H]1CCOC1)N1CCCC1. The average Bonchev–Trinajstić information content (AvgIpc) is 3.35. The van der Waals surface area contributed by atoms with Crippen LogP contribution in [0.15, 0.2) is 18.2 Å². The molecular weight excluding hydrogens is 338 g/mol. The van der Waals surface area contributed by atoms with Gasteiger partial charge in [-0.3, -0.25) is 15.0 Å². The zero-order valence-corrected chi connectivity index (χ0v) is 15.0. The third-order valence-electron chi connectivity index (χ3n) is 5.24. The Hall–Kier alpha value is -2.19. The smallest absolute Gasteiger partial charge is 0.340 e. The molecule has 0 saturated carbocycles. The number of non-ortho nitro benzene ring substituents is 1. The number of likely N-dealkylation sites (tertiary alicyclic amines) is 1. The van der Waals surface area contributed by atoms with Crippen LogP contribution in [0.4, 0.5) is 11.4 Å². The second-order valence-electron chi connectivity index (χ2n) is 6.79. The van der Waals surface area contributed by atoms with Crippen molar-refractivity contribution in [3.8, 4) is 0 Å². The predicted molar refractivity (Wildman–Crippen MR) is 96.4 cm³/mol. The number of nitrogens with one attached hydrogen (secondary N) is 1.